The van der Waals surface area contributed by atoms with Crippen LogP contribution < -0.4 is 5.32 Å². The van der Waals surface area contributed by atoms with Crippen molar-refractivity contribution in [3.05, 3.63) is 66.4 Å². The maximum atomic E-state index is 12.2. The van der Waals surface area contributed by atoms with E-state index in [1.54, 1.807) is 17.7 Å². The van der Waals surface area contributed by atoms with Gasteiger partial charge in [-0.2, -0.15) is 5.10 Å². The van der Waals surface area contributed by atoms with E-state index in [0.717, 1.165) is 22.4 Å². The molecular weight excluding hydrogens is 314 g/mol. The van der Waals surface area contributed by atoms with Crippen LogP contribution in [0.3, 0.4) is 0 Å². The molecule has 1 heterocycles. The van der Waals surface area contributed by atoms with Gasteiger partial charge in [0.25, 0.3) is 5.91 Å². The molecule has 0 aliphatic heterocycles. The molecule has 0 spiro atoms. The largest absolute Gasteiger partial charge is 0.392 e. The number of hydrogen-bond donors (Lipinski definition) is 2. The Hall–Kier alpha value is -2.92. The van der Waals surface area contributed by atoms with Crippen molar-refractivity contribution in [1.29, 1.82) is 0 Å². The van der Waals surface area contributed by atoms with Crippen LogP contribution in [0.4, 0.5) is 0 Å². The van der Waals surface area contributed by atoms with Crippen LogP contribution in [0.25, 0.3) is 22.4 Å². The Morgan fingerprint density at radius 1 is 1.16 bits per heavy atom. The second kappa shape index (κ2) is 7.32. The van der Waals surface area contributed by atoms with Gasteiger partial charge in [0, 0.05) is 36.5 Å². The summed E-state index contributed by atoms with van der Waals surface area (Å²) in [5, 5.41) is 16.6. The quantitative estimate of drug-likeness (QED) is 0.753. The number of carbonyl (C=O) groups is 1. The lowest BCUT2D eigenvalue weighted by Gasteiger charge is -2.09. The zero-order chi connectivity index (χ0) is 17.8. The van der Waals surface area contributed by atoms with Crippen LogP contribution in [-0.2, 0) is 7.05 Å². The maximum absolute atomic E-state index is 12.2. The Balaban J connectivity index is 1.96. The van der Waals surface area contributed by atoms with Crippen LogP contribution in [0.5, 0.6) is 0 Å². The van der Waals surface area contributed by atoms with Gasteiger partial charge < -0.3 is 10.4 Å². The summed E-state index contributed by atoms with van der Waals surface area (Å²) in [6.45, 7) is 1.86. The van der Waals surface area contributed by atoms with Gasteiger partial charge in [-0.05, 0) is 24.6 Å². The lowest BCUT2D eigenvalue weighted by Crippen LogP contribution is -2.30. The Kier molecular flexibility index (Phi) is 4.95. The van der Waals surface area contributed by atoms with Crippen molar-refractivity contribution >= 4 is 5.91 Å². The molecule has 2 N–H and O–H groups in total. The highest BCUT2D eigenvalue weighted by Gasteiger charge is 2.14. The minimum absolute atomic E-state index is 0.201. The second-order valence-electron chi connectivity index (χ2n) is 6.07. The standard InChI is InChI=1S/C20H21N3O2/c1-14(24)12-21-20(25)17-10-6-9-16(11-17)18-13-23(2)22-19(18)15-7-4-3-5-8-15/h3-11,13-14,24H,12H2,1-2H3,(H,21,25). The van der Waals surface area contributed by atoms with E-state index in [0.29, 0.717) is 5.56 Å². The molecule has 3 aromatic rings. The van der Waals surface area contributed by atoms with Crippen LogP contribution in [0.1, 0.15) is 17.3 Å². The van der Waals surface area contributed by atoms with Crippen LogP contribution in [-0.4, -0.2) is 33.4 Å². The lowest BCUT2D eigenvalue weighted by molar-refractivity contribution is 0.0924. The third-order valence-electron chi connectivity index (χ3n) is 3.87. The van der Waals surface area contributed by atoms with E-state index in [1.807, 2.05) is 61.8 Å². The van der Waals surface area contributed by atoms with Gasteiger partial charge >= 0.3 is 0 Å². The molecule has 5 heteroatoms. The molecule has 128 valence electrons. The number of carbonyl (C=O) groups excluding carboxylic acids is 1. The number of aromatic nitrogens is 2. The smallest absolute Gasteiger partial charge is 0.251 e. The molecule has 0 saturated heterocycles. The van der Waals surface area contributed by atoms with Gasteiger partial charge in [0.2, 0.25) is 0 Å². The molecule has 0 aliphatic rings. The van der Waals surface area contributed by atoms with Crippen molar-refractivity contribution in [3.63, 3.8) is 0 Å². The molecule has 0 radical (unpaired) electrons. The van der Waals surface area contributed by atoms with Crippen molar-refractivity contribution in [2.75, 3.05) is 6.54 Å². The van der Waals surface area contributed by atoms with E-state index in [-0.39, 0.29) is 12.5 Å². The summed E-state index contributed by atoms with van der Waals surface area (Å²) in [5.74, 6) is -0.201. The van der Waals surface area contributed by atoms with Crippen LogP contribution in [0.2, 0.25) is 0 Å². The van der Waals surface area contributed by atoms with E-state index in [9.17, 15) is 9.90 Å². The summed E-state index contributed by atoms with van der Waals surface area (Å²) in [7, 11) is 1.88. The molecule has 5 nitrogen and oxygen atoms in total. The minimum atomic E-state index is -0.574. The second-order valence-corrected chi connectivity index (χ2v) is 6.07. The zero-order valence-corrected chi connectivity index (χ0v) is 14.3. The average molecular weight is 335 g/mol. The van der Waals surface area contributed by atoms with Crippen LogP contribution >= 0.6 is 0 Å². The van der Waals surface area contributed by atoms with Crippen molar-refractivity contribution in [1.82, 2.24) is 15.1 Å². The molecule has 0 bridgehead atoms. The number of hydrogen-bond acceptors (Lipinski definition) is 3. The summed E-state index contributed by atoms with van der Waals surface area (Å²) in [4.78, 5) is 12.2. The summed E-state index contributed by atoms with van der Waals surface area (Å²) >= 11 is 0. The fourth-order valence-electron chi connectivity index (χ4n) is 2.68. The number of benzene rings is 2. The molecule has 1 unspecified atom stereocenters. The summed E-state index contributed by atoms with van der Waals surface area (Å²) in [5.41, 5.74) is 4.36. The molecule has 2 aromatic carbocycles. The Morgan fingerprint density at radius 2 is 1.88 bits per heavy atom. The van der Waals surface area contributed by atoms with E-state index in [2.05, 4.69) is 10.4 Å². The van der Waals surface area contributed by atoms with E-state index in [4.69, 9.17) is 0 Å². The van der Waals surface area contributed by atoms with Gasteiger partial charge in [-0.15, -0.1) is 0 Å². The fraction of sp³-hybridized carbons (Fsp3) is 0.200. The molecule has 1 atom stereocenters. The molecule has 1 aromatic heterocycles. The Bertz CT molecular complexity index is 870. The molecular formula is C20H21N3O2. The highest BCUT2D eigenvalue weighted by molar-refractivity contribution is 5.96. The van der Waals surface area contributed by atoms with Crippen molar-refractivity contribution in [3.8, 4) is 22.4 Å². The highest BCUT2D eigenvalue weighted by atomic mass is 16.3. The number of aliphatic hydroxyl groups excluding tert-OH is 1. The van der Waals surface area contributed by atoms with Crippen molar-refractivity contribution in [2.45, 2.75) is 13.0 Å². The van der Waals surface area contributed by atoms with E-state index >= 15 is 0 Å². The first kappa shape index (κ1) is 16.9. The molecule has 0 fully saturated rings. The van der Waals surface area contributed by atoms with Gasteiger partial charge in [-0.1, -0.05) is 42.5 Å². The van der Waals surface area contributed by atoms with Crippen molar-refractivity contribution in [2.24, 2.45) is 7.05 Å². The average Bonchev–Trinajstić information content (AvgIpc) is 3.02. The molecule has 25 heavy (non-hydrogen) atoms. The molecule has 1 amide bonds. The lowest BCUT2D eigenvalue weighted by atomic mass is 10.00. The number of aliphatic hydroxyl groups is 1. The number of nitrogens with zero attached hydrogens (tertiary/aromatic N) is 2. The van der Waals surface area contributed by atoms with Crippen LogP contribution in [0.15, 0.2) is 60.8 Å². The Morgan fingerprint density at radius 3 is 2.60 bits per heavy atom. The number of rotatable bonds is 5. The SMILES string of the molecule is CC(O)CNC(=O)c1cccc(-c2cn(C)nc2-c2ccccc2)c1. The third kappa shape index (κ3) is 3.95. The first-order chi connectivity index (χ1) is 12.0. The summed E-state index contributed by atoms with van der Waals surface area (Å²) in [6, 6.07) is 17.4. The predicted molar refractivity (Wildman–Crippen MR) is 98.1 cm³/mol. The highest BCUT2D eigenvalue weighted by Crippen LogP contribution is 2.31. The summed E-state index contributed by atoms with van der Waals surface area (Å²) < 4.78 is 1.78. The number of aryl methyl sites for hydroxylation is 1. The maximum Gasteiger partial charge on any atom is 0.251 e. The first-order valence-electron chi connectivity index (χ1n) is 8.20. The topological polar surface area (TPSA) is 67.2 Å². The molecule has 0 saturated carbocycles. The van der Waals surface area contributed by atoms with Gasteiger partial charge in [-0.3, -0.25) is 9.48 Å². The number of amides is 1. The Labute approximate surface area is 146 Å². The fourth-order valence-corrected chi connectivity index (χ4v) is 2.68. The van der Waals surface area contributed by atoms with E-state index in [1.165, 1.54) is 0 Å². The zero-order valence-electron chi connectivity index (χ0n) is 14.3. The molecule has 3 rings (SSSR count). The van der Waals surface area contributed by atoms with Gasteiger partial charge in [0.1, 0.15) is 5.69 Å². The monoisotopic (exact) mass is 335 g/mol. The normalized spacial score (nSPS) is 12.0. The minimum Gasteiger partial charge on any atom is -0.392 e. The van der Waals surface area contributed by atoms with E-state index < -0.39 is 6.10 Å². The third-order valence-corrected chi connectivity index (χ3v) is 3.87. The van der Waals surface area contributed by atoms with Gasteiger partial charge in [0.05, 0.1) is 6.10 Å². The van der Waals surface area contributed by atoms with Crippen molar-refractivity contribution < 1.29 is 9.90 Å². The van der Waals surface area contributed by atoms with Gasteiger partial charge in [-0.25, -0.2) is 0 Å². The predicted octanol–water partition coefficient (Wildman–Crippen LogP) is 2.86. The van der Waals surface area contributed by atoms with Gasteiger partial charge in [0.15, 0.2) is 0 Å². The van der Waals surface area contributed by atoms with Crippen LogP contribution in [0, 0.1) is 0 Å². The molecule has 0 aliphatic carbocycles. The number of nitrogens with one attached hydrogen (secondary N) is 1. The first-order valence-corrected chi connectivity index (χ1v) is 8.20. The summed E-state index contributed by atoms with van der Waals surface area (Å²) in [6.07, 6.45) is 1.38.